The first kappa shape index (κ1) is 12.9. The molecule has 0 saturated heterocycles. The second kappa shape index (κ2) is 5.81. The molecule has 0 fully saturated rings. The summed E-state index contributed by atoms with van der Waals surface area (Å²) in [6.45, 7) is 5.93. The fraction of sp³-hybridized carbons (Fsp3) is 0.600. The van der Waals surface area contributed by atoms with Crippen LogP contribution >= 0.6 is 11.3 Å². The molecule has 0 saturated carbocycles. The highest BCUT2D eigenvalue weighted by molar-refractivity contribution is 7.13. The number of carbonyl (C=O) groups is 1. The normalized spacial score (nSPS) is 12.4. The number of hydrogen-bond acceptors (Lipinski definition) is 5. The Bertz CT molecular complexity index is 354. The summed E-state index contributed by atoms with van der Waals surface area (Å²) in [4.78, 5) is 17.1. The second-order valence-electron chi connectivity index (χ2n) is 3.45. The van der Waals surface area contributed by atoms with Gasteiger partial charge in [-0.1, -0.05) is 6.92 Å². The molecule has 1 atom stereocenters. The molecule has 3 N–H and O–H groups in total. The average molecular weight is 243 g/mol. The quantitative estimate of drug-likeness (QED) is 0.790. The highest BCUT2D eigenvalue weighted by Gasteiger charge is 2.18. The van der Waals surface area contributed by atoms with E-state index < -0.39 is 12.0 Å². The molecule has 1 aromatic heterocycles. The number of aromatic nitrogens is 1. The van der Waals surface area contributed by atoms with Crippen LogP contribution in [0.15, 0.2) is 5.38 Å². The largest absolute Gasteiger partial charge is 0.480 e. The maximum Gasteiger partial charge on any atom is 0.326 e. The van der Waals surface area contributed by atoms with Crippen LogP contribution in [0.3, 0.4) is 0 Å². The van der Waals surface area contributed by atoms with Crippen LogP contribution in [-0.4, -0.2) is 29.1 Å². The van der Waals surface area contributed by atoms with Gasteiger partial charge in [-0.3, -0.25) is 4.79 Å². The van der Waals surface area contributed by atoms with E-state index in [-0.39, 0.29) is 0 Å². The van der Waals surface area contributed by atoms with Crippen LogP contribution in [-0.2, 0) is 4.79 Å². The van der Waals surface area contributed by atoms with Gasteiger partial charge in [-0.15, -0.1) is 11.3 Å². The molecule has 1 rings (SSSR count). The van der Waals surface area contributed by atoms with Gasteiger partial charge >= 0.3 is 5.97 Å². The Balaban J connectivity index is 2.80. The van der Waals surface area contributed by atoms with Crippen molar-refractivity contribution >= 4 is 22.4 Å². The number of nitrogens with two attached hydrogens (primary N) is 1. The zero-order valence-electron chi connectivity index (χ0n) is 9.51. The fourth-order valence-electron chi connectivity index (χ4n) is 1.35. The lowest BCUT2D eigenvalue weighted by atomic mass is 10.2. The van der Waals surface area contributed by atoms with Crippen molar-refractivity contribution in [3.05, 3.63) is 11.1 Å². The van der Waals surface area contributed by atoms with Crippen LogP contribution in [0.1, 0.15) is 32.0 Å². The standard InChI is InChI=1S/C10H17N3O2S/c1-3-5-13(4-2)10-12-7(6-16-10)8(11)9(14)15/h6,8H,3-5,11H2,1-2H3,(H,14,15). The van der Waals surface area contributed by atoms with E-state index in [0.29, 0.717) is 5.69 Å². The molecule has 0 bridgehead atoms. The molecular formula is C10H17N3O2S. The first-order valence-electron chi connectivity index (χ1n) is 5.28. The van der Waals surface area contributed by atoms with Gasteiger partial charge in [0, 0.05) is 18.5 Å². The Morgan fingerprint density at radius 1 is 1.69 bits per heavy atom. The van der Waals surface area contributed by atoms with Crippen molar-refractivity contribution in [1.82, 2.24) is 4.98 Å². The van der Waals surface area contributed by atoms with Crippen molar-refractivity contribution < 1.29 is 9.90 Å². The van der Waals surface area contributed by atoms with Gasteiger partial charge in [-0.2, -0.15) is 0 Å². The summed E-state index contributed by atoms with van der Waals surface area (Å²) >= 11 is 1.44. The lowest BCUT2D eigenvalue weighted by Gasteiger charge is -2.18. The third-order valence-electron chi connectivity index (χ3n) is 2.24. The third-order valence-corrected chi connectivity index (χ3v) is 3.16. The number of carboxylic acids is 1. The van der Waals surface area contributed by atoms with Gasteiger partial charge in [0.15, 0.2) is 5.13 Å². The van der Waals surface area contributed by atoms with Gasteiger partial charge in [-0.25, -0.2) is 4.98 Å². The van der Waals surface area contributed by atoms with Crippen LogP contribution in [0.4, 0.5) is 5.13 Å². The van der Waals surface area contributed by atoms with Crippen molar-refractivity contribution in [1.29, 1.82) is 0 Å². The zero-order chi connectivity index (χ0) is 12.1. The highest BCUT2D eigenvalue weighted by Crippen LogP contribution is 2.23. The summed E-state index contributed by atoms with van der Waals surface area (Å²) in [6, 6.07) is -1.02. The number of rotatable bonds is 6. The molecule has 0 amide bonds. The van der Waals surface area contributed by atoms with E-state index >= 15 is 0 Å². The van der Waals surface area contributed by atoms with E-state index in [9.17, 15) is 4.79 Å². The van der Waals surface area contributed by atoms with Crippen LogP contribution in [0.5, 0.6) is 0 Å². The summed E-state index contributed by atoms with van der Waals surface area (Å²) < 4.78 is 0. The number of anilines is 1. The van der Waals surface area contributed by atoms with Gasteiger partial charge in [-0.05, 0) is 13.3 Å². The van der Waals surface area contributed by atoms with Gasteiger partial charge in [0.05, 0.1) is 5.69 Å². The monoisotopic (exact) mass is 243 g/mol. The molecule has 0 radical (unpaired) electrons. The number of nitrogens with zero attached hydrogens (tertiary/aromatic N) is 2. The fourth-order valence-corrected chi connectivity index (χ4v) is 2.30. The zero-order valence-corrected chi connectivity index (χ0v) is 10.3. The number of thiazole rings is 1. The summed E-state index contributed by atoms with van der Waals surface area (Å²) in [5.41, 5.74) is 5.93. The van der Waals surface area contributed by atoms with Gasteiger partial charge < -0.3 is 15.7 Å². The maximum atomic E-state index is 10.7. The van der Waals surface area contributed by atoms with Gasteiger partial charge in [0.1, 0.15) is 6.04 Å². The molecule has 6 heteroatoms. The second-order valence-corrected chi connectivity index (χ2v) is 4.29. The molecule has 0 aliphatic heterocycles. The van der Waals surface area contributed by atoms with E-state index in [1.165, 1.54) is 11.3 Å². The minimum atomic E-state index is -1.05. The summed E-state index contributed by atoms with van der Waals surface area (Å²) in [7, 11) is 0. The van der Waals surface area contributed by atoms with Gasteiger partial charge in [0.25, 0.3) is 0 Å². The molecule has 90 valence electrons. The minimum absolute atomic E-state index is 0.432. The summed E-state index contributed by atoms with van der Waals surface area (Å²) in [5, 5.41) is 11.3. The molecule has 5 nitrogen and oxygen atoms in total. The van der Waals surface area contributed by atoms with Crippen LogP contribution in [0.25, 0.3) is 0 Å². The average Bonchev–Trinajstić information content (AvgIpc) is 2.73. The number of aliphatic carboxylic acids is 1. The van der Waals surface area contributed by atoms with Crippen molar-refractivity contribution in [2.45, 2.75) is 26.3 Å². The molecule has 16 heavy (non-hydrogen) atoms. The Labute approximate surface area is 98.9 Å². The molecule has 0 aliphatic carbocycles. The van der Waals surface area contributed by atoms with E-state index in [1.807, 2.05) is 6.92 Å². The summed E-state index contributed by atoms with van der Waals surface area (Å²) in [6.07, 6.45) is 1.04. The third kappa shape index (κ3) is 2.93. The predicted octanol–water partition coefficient (Wildman–Crippen LogP) is 1.46. The minimum Gasteiger partial charge on any atom is -0.480 e. The molecule has 1 unspecified atom stereocenters. The number of hydrogen-bond donors (Lipinski definition) is 2. The Hall–Kier alpha value is -1.14. The number of carboxylic acid groups (broad SMARTS) is 1. The first-order chi connectivity index (χ1) is 7.60. The Morgan fingerprint density at radius 3 is 2.88 bits per heavy atom. The van der Waals surface area contributed by atoms with Crippen molar-refractivity contribution in [2.24, 2.45) is 5.73 Å². The Morgan fingerprint density at radius 2 is 2.38 bits per heavy atom. The highest BCUT2D eigenvalue weighted by atomic mass is 32.1. The SMILES string of the molecule is CCCN(CC)c1nc(C(N)C(=O)O)cs1. The van der Waals surface area contributed by atoms with Crippen LogP contribution in [0, 0.1) is 0 Å². The van der Waals surface area contributed by atoms with E-state index in [0.717, 1.165) is 24.6 Å². The van der Waals surface area contributed by atoms with E-state index in [4.69, 9.17) is 10.8 Å². The van der Waals surface area contributed by atoms with Crippen molar-refractivity contribution in [2.75, 3.05) is 18.0 Å². The Kier molecular flexibility index (Phi) is 4.70. The van der Waals surface area contributed by atoms with Crippen LogP contribution < -0.4 is 10.6 Å². The van der Waals surface area contributed by atoms with Gasteiger partial charge in [0.2, 0.25) is 0 Å². The molecule has 1 heterocycles. The summed E-state index contributed by atoms with van der Waals surface area (Å²) in [5.74, 6) is -1.05. The smallest absolute Gasteiger partial charge is 0.326 e. The molecule has 0 spiro atoms. The molecular weight excluding hydrogens is 226 g/mol. The predicted molar refractivity (Wildman–Crippen MR) is 64.9 cm³/mol. The van der Waals surface area contributed by atoms with Crippen molar-refractivity contribution in [3.8, 4) is 0 Å². The molecule has 1 aromatic rings. The topological polar surface area (TPSA) is 79.5 Å². The molecule has 0 aliphatic rings. The lowest BCUT2D eigenvalue weighted by molar-refractivity contribution is -0.138. The van der Waals surface area contributed by atoms with Crippen molar-refractivity contribution in [3.63, 3.8) is 0 Å². The lowest BCUT2D eigenvalue weighted by Crippen LogP contribution is -2.24. The molecule has 0 aromatic carbocycles. The van der Waals surface area contributed by atoms with E-state index in [2.05, 4.69) is 16.8 Å². The maximum absolute atomic E-state index is 10.7. The van der Waals surface area contributed by atoms with Crippen LogP contribution in [0.2, 0.25) is 0 Å². The first-order valence-corrected chi connectivity index (χ1v) is 6.16. The van der Waals surface area contributed by atoms with E-state index in [1.54, 1.807) is 5.38 Å².